The molecule has 100 valence electrons. The van der Waals surface area contributed by atoms with E-state index in [1.165, 1.54) is 0 Å². The van der Waals surface area contributed by atoms with E-state index in [9.17, 15) is 4.79 Å². The second kappa shape index (κ2) is 6.43. The second-order valence-corrected chi connectivity index (χ2v) is 5.09. The first-order valence-corrected chi connectivity index (χ1v) is 7.45. The number of nitrogens with zero attached hydrogens (tertiary/aromatic N) is 1. The van der Waals surface area contributed by atoms with Crippen molar-refractivity contribution in [3.05, 3.63) is 41.7 Å². The van der Waals surface area contributed by atoms with Crippen LogP contribution < -0.4 is 5.32 Å². The SMILES string of the molecule is CCCc1cc(C(=O)Nc2cccc(SC)c2)n[nH]1. The van der Waals surface area contributed by atoms with Crippen LogP contribution in [0.4, 0.5) is 5.69 Å². The lowest BCUT2D eigenvalue weighted by atomic mass is 10.2. The minimum Gasteiger partial charge on any atom is -0.321 e. The van der Waals surface area contributed by atoms with E-state index in [2.05, 4.69) is 22.4 Å². The van der Waals surface area contributed by atoms with Crippen LogP contribution in [0, 0.1) is 0 Å². The van der Waals surface area contributed by atoms with Gasteiger partial charge in [0, 0.05) is 16.3 Å². The molecular formula is C14H17N3OS. The molecule has 1 aromatic carbocycles. The Morgan fingerprint density at radius 1 is 1.42 bits per heavy atom. The summed E-state index contributed by atoms with van der Waals surface area (Å²) in [6.07, 6.45) is 3.94. The molecule has 19 heavy (non-hydrogen) atoms. The summed E-state index contributed by atoms with van der Waals surface area (Å²) in [5.74, 6) is -0.183. The van der Waals surface area contributed by atoms with E-state index in [1.807, 2.05) is 30.5 Å². The van der Waals surface area contributed by atoms with Gasteiger partial charge in [-0.2, -0.15) is 5.10 Å². The number of H-pyrrole nitrogens is 1. The van der Waals surface area contributed by atoms with E-state index in [-0.39, 0.29) is 5.91 Å². The summed E-state index contributed by atoms with van der Waals surface area (Å²) in [7, 11) is 0. The van der Waals surface area contributed by atoms with Crippen molar-refractivity contribution < 1.29 is 4.79 Å². The number of carbonyl (C=O) groups is 1. The Hall–Kier alpha value is -1.75. The number of aromatic amines is 1. The van der Waals surface area contributed by atoms with Gasteiger partial charge in [-0.3, -0.25) is 9.89 Å². The normalized spacial score (nSPS) is 10.4. The highest BCUT2D eigenvalue weighted by Crippen LogP contribution is 2.19. The molecule has 0 bridgehead atoms. The molecule has 0 fully saturated rings. The molecule has 0 aliphatic heterocycles. The van der Waals surface area contributed by atoms with Crippen molar-refractivity contribution in [2.24, 2.45) is 0 Å². The smallest absolute Gasteiger partial charge is 0.276 e. The monoisotopic (exact) mass is 275 g/mol. The number of carbonyl (C=O) groups excluding carboxylic acids is 1. The van der Waals surface area contributed by atoms with Gasteiger partial charge in [0.05, 0.1) is 0 Å². The van der Waals surface area contributed by atoms with Gasteiger partial charge in [-0.15, -0.1) is 11.8 Å². The molecule has 0 radical (unpaired) electrons. The zero-order chi connectivity index (χ0) is 13.7. The van der Waals surface area contributed by atoms with Crippen LogP contribution in [-0.2, 0) is 6.42 Å². The number of anilines is 1. The van der Waals surface area contributed by atoms with E-state index >= 15 is 0 Å². The van der Waals surface area contributed by atoms with Gasteiger partial charge in [-0.1, -0.05) is 19.4 Å². The third-order valence-electron chi connectivity index (χ3n) is 2.71. The van der Waals surface area contributed by atoms with Crippen LogP contribution in [0.2, 0.25) is 0 Å². The Kier molecular flexibility index (Phi) is 4.63. The third-order valence-corrected chi connectivity index (χ3v) is 3.44. The molecule has 1 amide bonds. The number of hydrogen-bond acceptors (Lipinski definition) is 3. The van der Waals surface area contributed by atoms with Gasteiger partial charge in [-0.25, -0.2) is 0 Å². The maximum atomic E-state index is 12.0. The fraction of sp³-hybridized carbons (Fsp3) is 0.286. The van der Waals surface area contributed by atoms with Crippen LogP contribution in [0.15, 0.2) is 35.2 Å². The van der Waals surface area contributed by atoms with Crippen molar-refractivity contribution in [2.75, 3.05) is 11.6 Å². The molecule has 2 N–H and O–H groups in total. The van der Waals surface area contributed by atoms with E-state index in [0.717, 1.165) is 29.1 Å². The minimum atomic E-state index is -0.183. The molecule has 5 heteroatoms. The van der Waals surface area contributed by atoms with Crippen LogP contribution in [0.25, 0.3) is 0 Å². The average Bonchev–Trinajstić information content (AvgIpc) is 2.88. The summed E-state index contributed by atoms with van der Waals surface area (Å²) in [4.78, 5) is 13.1. The number of hydrogen-bond donors (Lipinski definition) is 2. The van der Waals surface area contributed by atoms with Gasteiger partial charge in [0.25, 0.3) is 5.91 Å². The summed E-state index contributed by atoms with van der Waals surface area (Å²) >= 11 is 1.64. The summed E-state index contributed by atoms with van der Waals surface area (Å²) in [5, 5.41) is 9.77. The third kappa shape index (κ3) is 3.61. The van der Waals surface area contributed by atoms with Crippen LogP contribution >= 0.6 is 11.8 Å². The molecule has 2 aromatic rings. The molecule has 2 rings (SSSR count). The molecule has 0 saturated carbocycles. The largest absolute Gasteiger partial charge is 0.321 e. The molecular weight excluding hydrogens is 258 g/mol. The standard InChI is InChI=1S/C14H17N3OS/c1-3-5-11-9-13(17-16-11)14(18)15-10-6-4-7-12(8-10)19-2/h4,6-9H,3,5H2,1-2H3,(H,15,18)(H,16,17). The van der Waals surface area contributed by atoms with Crippen LogP contribution in [-0.4, -0.2) is 22.4 Å². The Morgan fingerprint density at radius 2 is 2.26 bits per heavy atom. The van der Waals surface area contributed by atoms with Gasteiger partial charge in [-0.05, 0) is 36.9 Å². The summed E-state index contributed by atoms with van der Waals surface area (Å²) in [6, 6.07) is 9.55. The van der Waals surface area contributed by atoms with E-state index in [1.54, 1.807) is 17.8 Å². The van der Waals surface area contributed by atoms with Crippen molar-refractivity contribution in [1.82, 2.24) is 10.2 Å². The fourth-order valence-electron chi connectivity index (χ4n) is 1.77. The van der Waals surface area contributed by atoms with Crippen LogP contribution in [0.1, 0.15) is 29.5 Å². The maximum Gasteiger partial charge on any atom is 0.276 e. The number of thioether (sulfide) groups is 1. The van der Waals surface area contributed by atoms with Crippen molar-refractivity contribution >= 4 is 23.4 Å². The van der Waals surface area contributed by atoms with E-state index in [0.29, 0.717) is 5.69 Å². The zero-order valence-electron chi connectivity index (χ0n) is 11.1. The Morgan fingerprint density at radius 3 is 3.00 bits per heavy atom. The first kappa shape index (κ1) is 13.7. The highest BCUT2D eigenvalue weighted by Gasteiger charge is 2.10. The lowest BCUT2D eigenvalue weighted by Crippen LogP contribution is -2.12. The minimum absolute atomic E-state index is 0.183. The molecule has 0 atom stereocenters. The maximum absolute atomic E-state index is 12.0. The fourth-order valence-corrected chi connectivity index (χ4v) is 2.23. The summed E-state index contributed by atoms with van der Waals surface area (Å²) < 4.78 is 0. The molecule has 0 aliphatic carbocycles. The van der Waals surface area contributed by atoms with Crippen molar-refractivity contribution in [2.45, 2.75) is 24.7 Å². The van der Waals surface area contributed by atoms with Gasteiger partial charge in [0.2, 0.25) is 0 Å². The molecule has 4 nitrogen and oxygen atoms in total. The van der Waals surface area contributed by atoms with Crippen LogP contribution in [0.3, 0.4) is 0 Å². The first-order chi connectivity index (χ1) is 9.22. The van der Waals surface area contributed by atoms with Crippen molar-refractivity contribution in [3.63, 3.8) is 0 Å². The Bertz CT molecular complexity index is 565. The van der Waals surface area contributed by atoms with Crippen LogP contribution in [0.5, 0.6) is 0 Å². The molecule has 0 spiro atoms. The molecule has 1 heterocycles. The van der Waals surface area contributed by atoms with Crippen molar-refractivity contribution in [3.8, 4) is 0 Å². The van der Waals surface area contributed by atoms with Gasteiger partial charge < -0.3 is 5.32 Å². The zero-order valence-corrected chi connectivity index (χ0v) is 11.9. The molecule has 1 aromatic heterocycles. The highest BCUT2D eigenvalue weighted by atomic mass is 32.2. The van der Waals surface area contributed by atoms with Crippen molar-refractivity contribution in [1.29, 1.82) is 0 Å². The first-order valence-electron chi connectivity index (χ1n) is 6.22. The number of nitrogens with one attached hydrogen (secondary N) is 2. The van der Waals surface area contributed by atoms with Gasteiger partial charge in [0.1, 0.15) is 0 Å². The quantitative estimate of drug-likeness (QED) is 0.823. The number of benzene rings is 1. The summed E-state index contributed by atoms with van der Waals surface area (Å²) in [5.41, 5.74) is 2.21. The van der Waals surface area contributed by atoms with Gasteiger partial charge in [0.15, 0.2) is 5.69 Å². The highest BCUT2D eigenvalue weighted by molar-refractivity contribution is 7.98. The Labute approximate surface area is 117 Å². The lowest BCUT2D eigenvalue weighted by molar-refractivity contribution is 0.102. The molecule has 0 saturated heterocycles. The average molecular weight is 275 g/mol. The second-order valence-electron chi connectivity index (χ2n) is 4.21. The Balaban J connectivity index is 2.06. The lowest BCUT2D eigenvalue weighted by Gasteiger charge is -2.04. The number of amides is 1. The number of aromatic nitrogens is 2. The predicted molar refractivity (Wildman–Crippen MR) is 78.8 cm³/mol. The molecule has 0 aliphatic rings. The van der Waals surface area contributed by atoms with E-state index < -0.39 is 0 Å². The van der Waals surface area contributed by atoms with E-state index in [4.69, 9.17) is 0 Å². The number of rotatable bonds is 5. The summed E-state index contributed by atoms with van der Waals surface area (Å²) in [6.45, 7) is 2.09. The topological polar surface area (TPSA) is 57.8 Å². The predicted octanol–water partition coefficient (Wildman–Crippen LogP) is 3.34. The number of aryl methyl sites for hydroxylation is 1. The molecule has 0 unspecified atom stereocenters. The van der Waals surface area contributed by atoms with Gasteiger partial charge >= 0.3 is 0 Å².